The van der Waals surface area contributed by atoms with E-state index >= 15 is 0 Å². The average Bonchev–Trinajstić information content (AvgIpc) is 2.99. The molecule has 0 unspecified atom stereocenters. The molecule has 0 aromatic carbocycles. The van der Waals surface area contributed by atoms with Crippen LogP contribution in [0.5, 0.6) is 0 Å². The zero-order valence-corrected chi connectivity index (χ0v) is 13.0. The number of nitrogens with zero attached hydrogens (tertiary/aromatic N) is 2. The lowest BCUT2D eigenvalue weighted by atomic mass is 9.98. The third-order valence-corrected chi connectivity index (χ3v) is 4.09. The number of nitrogens with one attached hydrogen (secondary N) is 1. The molecule has 122 valence electrons. The monoisotopic (exact) mass is 311 g/mol. The zero-order chi connectivity index (χ0) is 16.5. The minimum Gasteiger partial charge on any atom is -0.451 e. The fourth-order valence-corrected chi connectivity index (χ4v) is 2.91. The normalized spacial score (nSPS) is 21.0. The molecular formula is C14H21N3O5. The molecule has 8 nitrogen and oxygen atoms in total. The number of carbonyl (C=O) groups is 4. The van der Waals surface area contributed by atoms with Gasteiger partial charge in [-0.25, -0.2) is 4.79 Å². The van der Waals surface area contributed by atoms with Gasteiger partial charge in [-0.3, -0.25) is 19.3 Å². The molecule has 2 aliphatic rings. The first-order valence-corrected chi connectivity index (χ1v) is 7.31. The van der Waals surface area contributed by atoms with E-state index in [0.717, 1.165) is 17.7 Å². The number of hydrogen-bond acceptors (Lipinski definition) is 5. The predicted molar refractivity (Wildman–Crippen MR) is 75.7 cm³/mol. The molecule has 1 spiro atoms. The maximum absolute atomic E-state index is 12.4. The Balaban J connectivity index is 1.96. The minimum atomic E-state index is -0.955. The lowest BCUT2D eigenvalue weighted by Crippen LogP contribution is -2.45. The summed E-state index contributed by atoms with van der Waals surface area (Å²) in [5, 5.41) is 2.68. The Bertz CT molecular complexity index is 511. The average molecular weight is 311 g/mol. The first-order chi connectivity index (χ1) is 10.3. The van der Waals surface area contributed by atoms with Gasteiger partial charge in [0.15, 0.2) is 6.10 Å². The van der Waals surface area contributed by atoms with Crippen LogP contribution in [0.1, 0.15) is 32.6 Å². The Kier molecular flexibility index (Phi) is 4.39. The number of amides is 4. The number of esters is 1. The quantitative estimate of drug-likeness (QED) is 0.576. The third kappa shape index (κ3) is 2.90. The molecule has 22 heavy (non-hydrogen) atoms. The Morgan fingerprint density at radius 3 is 2.45 bits per heavy atom. The number of urea groups is 1. The number of carbonyl (C=O) groups excluding carboxylic acids is 4. The molecule has 0 bridgehead atoms. The molecule has 2 fully saturated rings. The van der Waals surface area contributed by atoms with Gasteiger partial charge in [0.1, 0.15) is 12.1 Å². The summed E-state index contributed by atoms with van der Waals surface area (Å²) >= 11 is 0. The topological polar surface area (TPSA) is 96.0 Å². The largest absolute Gasteiger partial charge is 0.451 e. The van der Waals surface area contributed by atoms with Gasteiger partial charge < -0.3 is 15.0 Å². The molecule has 1 saturated heterocycles. The van der Waals surface area contributed by atoms with Crippen LogP contribution in [0.4, 0.5) is 4.79 Å². The molecule has 2 rings (SSSR count). The van der Waals surface area contributed by atoms with Gasteiger partial charge in [0.25, 0.3) is 11.8 Å². The van der Waals surface area contributed by atoms with Gasteiger partial charge in [-0.15, -0.1) is 0 Å². The second-order valence-corrected chi connectivity index (χ2v) is 5.98. The summed E-state index contributed by atoms with van der Waals surface area (Å²) in [6.45, 7) is 0.974. The van der Waals surface area contributed by atoms with Crippen molar-refractivity contribution in [2.24, 2.45) is 0 Å². The van der Waals surface area contributed by atoms with Crippen LogP contribution in [0.3, 0.4) is 0 Å². The van der Waals surface area contributed by atoms with E-state index in [1.165, 1.54) is 11.8 Å². The van der Waals surface area contributed by atoms with Crippen molar-refractivity contribution < 1.29 is 23.9 Å². The summed E-state index contributed by atoms with van der Waals surface area (Å²) in [5.41, 5.74) is -0.845. The molecule has 4 amide bonds. The van der Waals surface area contributed by atoms with Gasteiger partial charge in [0.05, 0.1) is 0 Å². The number of hydrogen-bond donors (Lipinski definition) is 1. The standard InChI is InChI=1S/C14H21N3O5/c1-9(11(19)16(2)3)22-10(18)8-17-12(20)14(15-13(17)21)6-4-5-7-14/h9H,4-8H2,1-3H3,(H,15,21)/t9-/m0/s1. The van der Waals surface area contributed by atoms with E-state index in [4.69, 9.17) is 4.74 Å². The molecule has 0 aromatic heterocycles. The van der Waals surface area contributed by atoms with Gasteiger partial charge >= 0.3 is 12.0 Å². The SMILES string of the molecule is C[C@H](OC(=O)CN1C(=O)NC2(CCCC2)C1=O)C(=O)N(C)C. The van der Waals surface area contributed by atoms with Crippen LogP contribution in [0, 0.1) is 0 Å². The first kappa shape index (κ1) is 16.3. The van der Waals surface area contributed by atoms with E-state index < -0.39 is 30.2 Å². The fraction of sp³-hybridized carbons (Fsp3) is 0.714. The Morgan fingerprint density at radius 2 is 1.91 bits per heavy atom. The van der Waals surface area contributed by atoms with Crippen LogP contribution in [0.15, 0.2) is 0 Å². The van der Waals surface area contributed by atoms with E-state index in [0.29, 0.717) is 12.8 Å². The number of likely N-dealkylation sites (N-methyl/N-ethyl adjacent to an activating group) is 1. The second kappa shape index (κ2) is 5.94. The van der Waals surface area contributed by atoms with Gasteiger partial charge in [0.2, 0.25) is 0 Å². The molecule has 1 aliphatic heterocycles. The first-order valence-electron chi connectivity index (χ1n) is 7.31. The van der Waals surface area contributed by atoms with Crippen molar-refractivity contribution in [3.63, 3.8) is 0 Å². The molecular weight excluding hydrogens is 290 g/mol. The van der Waals surface area contributed by atoms with Crippen LogP contribution in [0.25, 0.3) is 0 Å². The van der Waals surface area contributed by atoms with Crippen molar-refractivity contribution in [1.29, 1.82) is 0 Å². The number of ether oxygens (including phenoxy) is 1. The summed E-state index contributed by atoms with van der Waals surface area (Å²) in [5.74, 6) is -1.52. The molecule has 0 radical (unpaired) electrons. The molecule has 8 heteroatoms. The maximum atomic E-state index is 12.4. The lowest BCUT2D eigenvalue weighted by molar-refractivity contribution is -0.159. The highest BCUT2D eigenvalue weighted by Gasteiger charge is 2.52. The maximum Gasteiger partial charge on any atom is 0.327 e. The molecule has 1 aliphatic carbocycles. The van der Waals surface area contributed by atoms with E-state index in [-0.39, 0.29) is 11.8 Å². The zero-order valence-electron chi connectivity index (χ0n) is 13.0. The van der Waals surface area contributed by atoms with Crippen molar-refractivity contribution in [2.75, 3.05) is 20.6 Å². The van der Waals surface area contributed by atoms with Crippen LogP contribution >= 0.6 is 0 Å². The second-order valence-electron chi connectivity index (χ2n) is 5.98. The van der Waals surface area contributed by atoms with Crippen LogP contribution < -0.4 is 5.32 Å². The smallest absolute Gasteiger partial charge is 0.327 e. The molecule has 0 aromatic rings. The third-order valence-electron chi connectivity index (χ3n) is 4.09. The molecule has 1 heterocycles. The summed E-state index contributed by atoms with van der Waals surface area (Å²) < 4.78 is 4.98. The van der Waals surface area contributed by atoms with Crippen LogP contribution in [-0.4, -0.2) is 65.9 Å². The van der Waals surface area contributed by atoms with E-state index in [1.54, 1.807) is 14.1 Å². The number of rotatable bonds is 4. The van der Waals surface area contributed by atoms with E-state index in [2.05, 4.69) is 5.32 Å². The highest BCUT2D eigenvalue weighted by atomic mass is 16.5. The predicted octanol–water partition coefficient (Wildman–Crippen LogP) is -0.129. The molecule has 1 saturated carbocycles. The van der Waals surface area contributed by atoms with Crippen molar-refractivity contribution in [1.82, 2.24) is 15.1 Å². The fourth-order valence-electron chi connectivity index (χ4n) is 2.91. The molecule has 1 atom stereocenters. The summed E-state index contributed by atoms with van der Waals surface area (Å²) in [7, 11) is 3.10. The van der Waals surface area contributed by atoms with Gasteiger partial charge in [-0.1, -0.05) is 12.8 Å². The highest BCUT2D eigenvalue weighted by molar-refractivity contribution is 6.08. The summed E-state index contributed by atoms with van der Waals surface area (Å²) in [6.07, 6.45) is 1.98. The summed E-state index contributed by atoms with van der Waals surface area (Å²) in [6, 6.07) is -0.574. The Morgan fingerprint density at radius 1 is 1.32 bits per heavy atom. The van der Waals surface area contributed by atoms with Crippen molar-refractivity contribution in [3.05, 3.63) is 0 Å². The Labute approximate surface area is 128 Å². The van der Waals surface area contributed by atoms with E-state index in [1.807, 2.05) is 0 Å². The van der Waals surface area contributed by atoms with Crippen LogP contribution in [-0.2, 0) is 19.1 Å². The molecule has 1 N–H and O–H groups in total. The van der Waals surface area contributed by atoms with Crippen molar-refractivity contribution in [2.45, 2.75) is 44.2 Å². The minimum absolute atomic E-state index is 0.363. The van der Waals surface area contributed by atoms with Crippen molar-refractivity contribution in [3.8, 4) is 0 Å². The highest BCUT2D eigenvalue weighted by Crippen LogP contribution is 2.34. The van der Waals surface area contributed by atoms with E-state index in [9.17, 15) is 19.2 Å². The van der Waals surface area contributed by atoms with Crippen LogP contribution in [0.2, 0.25) is 0 Å². The van der Waals surface area contributed by atoms with Crippen molar-refractivity contribution >= 4 is 23.8 Å². The van der Waals surface area contributed by atoms with Gasteiger partial charge in [-0.2, -0.15) is 0 Å². The van der Waals surface area contributed by atoms with Gasteiger partial charge in [-0.05, 0) is 19.8 Å². The number of imide groups is 1. The van der Waals surface area contributed by atoms with Gasteiger partial charge in [0, 0.05) is 14.1 Å². The summed E-state index contributed by atoms with van der Waals surface area (Å²) in [4.78, 5) is 50.0. The lowest BCUT2D eigenvalue weighted by Gasteiger charge is -2.20. The Hall–Kier alpha value is -2.12.